The van der Waals surface area contributed by atoms with E-state index in [0.29, 0.717) is 18.7 Å². The molecule has 0 radical (unpaired) electrons. The third kappa shape index (κ3) is 5.53. The maximum Gasteiger partial charge on any atom is 0.251 e. The Morgan fingerprint density at radius 3 is 2.52 bits per heavy atom. The molecule has 0 saturated carbocycles. The van der Waals surface area contributed by atoms with E-state index in [1.165, 1.54) is 0 Å². The van der Waals surface area contributed by atoms with Gasteiger partial charge in [0.25, 0.3) is 5.91 Å². The summed E-state index contributed by atoms with van der Waals surface area (Å²) < 4.78 is 1.86. The van der Waals surface area contributed by atoms with Gasteiger partial charge in [0.15, 0.2) is 0 Å². The van der Waals surface area contributed by atoms with E-state index in [9.17, 15) is 4.79 Å². The molecule has 2 aromatic rings. The molecule has 1 N–H and O–H groups in total. The minimum atomic E-state index is -0.0255. The number of amides is 1. The normalized spacial score (nSPS) is 11.7. The van der Waals surface area contributed by atoms with Crippen molar-refractivity contribution in [2.45, 2.75) is 20.4 Å². The van der Waals surface area contributed by atoms with Crippen LogP contribution in [-0.4, -0.2) is 47.8 Å². The molecule has 0 aliphatic rings. The van der Waals surface area contributed by atoms with E-state index in [-0.39, 0.29) is 11.3 Å². The molecular formula is C18H26N4O. The molecule has 0 bridgehead atoms. The summed E-state index contributed by atoms with van der Waals surface area (Å²) in [7, 11) is 4.09. The van der Waals surface area contributed by atoms with Crippen LogP contribution >= 0.6 is 0 Å². The van der Waals surface area contributed by atoms with E-state index >= 15 is 0 Å². The Labute approximate surface area is 138 Å². The third-order valence-corrected chi connectivity index (χ3v) is 3.59. The molecule has 2 rings (SSSR count). The molecule has 0 atom stereocenters. The van der Waals surface area contributed by atoms with E-state index in [4.69, 9.17) is 0 Å². The number of nitrogens with one attached hydrogen (secondary N) is 1. The molecule has 5 heteroatoms. The fourth-order valence-corrected chi connectivity index (χ4v) is 2.68. The van der Waals surface area contributed by atoms with Crippen molar-refractivity contribution in [2.24, 2.45) is 5.41 Å². The number of hydrogen-bond donors (Lipinski definition) is 1. The first-order valence-electron chi connectivity index (χ1n) is 7.85. The van der Waals surface area contributed by atoms with Gasteiger partial charge >= 0.3 is 0 Å². The molecule has 1 heterocycles. The Hall–Kier alpha value is -2.14. The van der Waals surface area contributed by atoms with Gasteiger partial charge in [-0.2, -0.15) is 5.10 Å². The first kappa shape index (κ1) is 17.2. The monoisotopic (exact) mass is 314 g/mol. The van der Waals surface area contributed by atoms with Crippen LogP contribution in [0.5, 0.6) is 0 Å². The van der Waals surface area contributed by atoms with Crippen molar-refractivity contribution >= 4 is 5.91 Å². The average Bonchev–Trinajstić information content (AvgIpc) is 2.97. The molecule has 1 amide bonds. The Balaban J connectivity index is 1.90. The van der Waals surface area contributed by atoms with E-state index in [1.807, 2.05) is 55.3 Å². The minimum Gasteiger partial charge on any atom is -0.351 e. The van der Waals surface area contributed by atoms with Crippen LogP contribution in [0.4, 0.5) is 0 Å². The largest absolute Gasteiger partial charge is 0.351 e. The van der Waals surface area contributed by atoms with Crippen LogP contribution < -0.4 is 5.32 Å². The van der Waals surface area contributed by atoms with Crippen LogP contribution in [0.2, 0.25) is 0 Å². The number of benzene rings is 1. The standard InChI is InChI=1S/C18H26N4O/c1-18(2,14-21(3)4)13-19-17(23)16-8-6-15(7-9-16)12-22-11-5-10-20-22/h5-11H,12-14H2,1-4H3,(H,19,23). The predicted molar refractivity (Wildman–Crippen MR) is 92.4 cm³/mol. The lowest BCUT2D eigenvalue weighted by Gasteiger charge is -2.28. The van der Waals surface area contributed by atoms with Crippen molar-refractivity contribution in [3.8, 4) is 0 Å². The first-order chi connectivity index (χ1) is 10.9. The van der Waals surface area contributed by atoms with Gasteiger partial charge in [-0.25, -0.2) is 0 Å². The molecule has 0 fully saturated rings. The Bertz CT molecular complexity index is 615. The van der Waals surface area contributed by atoms with Crippen LogP contribution in [0.1, 0.15) is 29.8 Å². The maximum atomic E-state index is 12.3. The lowest BCUT2D eigenvalue weighted by atomic mass is 9.93. The van der Waals surface area contributed by atoms with Crippen LogP contribution in [0.15, 0.2) is 42.7 Å². The quantitative estimate of drug-likeness (QED) is 0.853. The molecule has 0 saturated heterocycles. The predicted octanol–water partition coefficient (Wildman–Crippen LogP) is 2.25. The van der Waals surface area contributed by atoms with Crippen molar-refractivity contribution in [3.63, 3.8) is 0 Å². The number of carbonyl (C=O) groups is 1. The van der Waals surface area contributed by atoms with Gasteiger partial charge in [0.1, 0.15) is 0 Å². The molecule has 0 spiro atoms. The highest BCUT2D eigenvalue weighted by Gasteiger charge is 2.20. The number of nitrogens with zero attached hydrogens (tertiary/aromatic N) is 3. The summed E-state index contributed by atoms with van der Waals surface area (Å²) in [5.41, 5.74) is 1.85. The highest BCUT2D eigenvalue weighted by Crippen LogP contribution is 2.14. The molecular weight excluding hydrogens is 288 g/mol. The molecule has 1 aromatic carbocycles. The van der Waals surface area contributed by atoms with Crippen molar-refractivity contribution in [2.75, 3.05) is 27.2 Å². The zero-order valence-electron chi connectivity index (χ0n) is 14.4. The molecule has 0 aliphatic carbocycles. The molecule has 23 heavy (non-hydrogen) atoms. The lowest BCUT2D eigenvalue weighted by Crippen LogP contribution is -2.39. The second kappa shape index (κ2) is 7.42. The molecule has 124 valence electrons. The zero-order chi connectivity index (χ0) is 16.9. The van der Waals surface area contributed by atoms with Crippen molar-refractivity contribution in [1.82, 2.24) is 20.0 Å². The molecule has 5 nitrogen and oxygen atoms in total. The fraction of sp³-hybridized carbons (Fsp3) is 0.444. The van der Waals surface area contributed by atoms with Gasteiger partial charge in [-0.15, -0.1) is 0 Å². The van der Waals surface area contributed by atoms with Gasteiger partial charge < -0.3 is 10.2 Å². The summed E-state index contributed by atoms with van der Waals surface area (Å²) >= 11 is 0. The van der Waals surface area contributed by atoms with Gasteiger partial charge in [-0.1, -0.05) is 26.0 Å². The Kier molecular flexibility index (Phi) is 5.55. The summed E-state index contributed by atoms with van der Waals surface area (Å²) in [5, 5.41) is 7.21. The van der Waals surface area contributed by atoms with Gasteiger partial charge in [-0.3, -0.25) is 9.48 Å². The summed E-state index contributed by atoms with van der Waals surface area (Å²) in [6.45, 7) is 6.60. The van der Waals surface area contributed by atoms with Gasteiger partial charge in [0.2, 0.25) is 0 Å². The molecule has 0 unspecified atom stereocenters. The minimum absolute atomic E-state index is 0.0255. The van der Waals surface area contributed by atoms with Gasteiger partial charge in [-0.05, 0) is 43.3 Å². The SMILES string of the molecule is CN(C)CC(C)(C)CNC(=O)c1ccc(Cn2cccn2)cc1. The average molecular weight is 314 g/mol. The second-order valence-electron chi connectivity index (χ2n) is 6.99. The van der Waals surface area contributed by atoms with Crippen molar-refractivity contribution in [3.05, 3.63) is 53.9 Å². The van der Waals surface area contributed by atoms with Crippen LogP contribution in [-0.2, 0) is 6.54 Å². The van der Waals surface area contributed by atoms with Crippen molar-refractivity contribution in [1.29, 1.82) is 0 Å². The fourth-order valence-electron chi connectivity index (χ4n) is 2.68. The van der Waals surface area contributed by atoms with Gasteiger partial charge in [0.05, 0.1) is 6.54 Å². The van der Waals surface area contributed by atoms with Crippen LogP contribution in [0.25, 0.3) is 0 Å². The van der Waals surface area contributed by atoms with Gasteiger partial charge in [0, 0.05) is 31.0 Å². The van der Waals surface area contributed by atoms with E-state index < -0.39 is 0 Å². The molecule has 0 aliphatic heterocycles. The topological polar surface area (TPSA) is 50.2 Å². The molecule has 1 aromatic heterocycles. The Morgan fingerprint density at radius 2 is 1.96 bits per heavy atom. The van der Waals surface area contributed by atoms with Crippen LogP contribution in [0.3, 0.4) is 0 Å². The number of hydrogen-bond acceptors (Lipinski definition) is 3. The van der Waals surface area contributed by atoms with Crippen LogP contribution in [0, 0.1) is 5.41 Å². The first-order valence-corrected chi connectivity index (χ1v) is 7.85. The van der Waals surface area contributed by atoms with E-state index in [1.54, 1.807) is 6.20 Å². The number of rotatable bonds is 7. The summed E-state index contributed by atoms with van der Waals surface area (Å²) in [6.07, 6.45) is 3.69. The van der Waals surface area contributed by atoms with E-state index in [2.05, 4.69) is 29.2 Å². The lowest BCUT2D eigenvalue weighted by molar-refractivity contribution is 0.0929. The highest BCUT2D eigenvalue weighted by molar-refractivity contribution is 5.94. The van der Waals surface area contributed by atoms with E-state index in [0.717, 1.165) is 12.1 Å². The zero-order valence-corrected chi connectivity index (χ0v) is 14.4. The second-order valence-corrected chi connectivity index (χ2v) is 6.99. The smallest absolute Gasteiger partial charge is 0.251 e. The maximum absolute atomic E-state index is 12.3. The Morgan fingerprint density at radius 1 is 1.26 bits per heavy atom. The van der Waals surface area contributed by atoms with Crippen molar-refractivity contribution < 1.29 is 4.79 Å². The number of aromatic nitrogens is 2. The third-order valence-electron chi connectivity index (χ3n) is 3.59. The summed E-state index contributed by atoms with van der Waals surface area (Å²) in [5.74, 6) is -0.0255. The summed E-state index contributed by atoms with van der Waals surface area (Å²) in [6, 6.07) is 9.58. The highest BCUT2D eigenvalue weighted by atomic mass is 16.1. The number of carbonyl (C=O) groups excluding carboxylic acids is 1. The summed E-state index contributed by atoms with van der Waals surface area (Å²) in [4.78, 5) is 14.4.